The van der Waals surface area contributed by atoms with Gasteiger partial charge in [-0.25, -0.2) is 0 Å². The zero-order valence-electron chi connectivity index (χ0n) is 21.3. The first-order valence-corrected chi connectivity index (χ1v) is 12.4. The molecule has 0 aromatic heterocycles. The molecule has 4 atom stereocenters. The second-order valence-electron chi connectivity index (χ2n) is 9.19. The van der Waals surface area contributed by atoms with Crippen molar-refractivity contribution in [3.8, 4) is 0 Å². The van der Waals surface area contributed by atoms with Crippen molar-refractivity contribution in [3.05, 3.63) is 35.4 Å². The van der Waals surface area contributed by atoms with Crippen LogP contribution in [0, 0.1) is 11.8 Å². The minimum Gasteiger partial charge on any atom is -0.356 e. The number of hydrogen-bond donors (Lipinski definition) is 3. The third-order valence-corrected chi connectivity index (χ3v) is 6.04. The van der Waals surface area contributed by atoms with E-state index in [0.29, 0.717) is 43.1 Å². The SMILES string of the molecule is C.CCCN(CCC)C(=O)c1cccc(C(=O)N[C@@H](C)[C@@H](N)C[C@@H](C)C(=O)NC[C@@H](C)CC)c1. The van der Waals surface area contributed by atoms with Gasteiger partial charge < -0.3 is 21.3 Å². The summed E-state index contributed by atoms with van der Waals surface area (Å²) in [6, 6.07) is 6.11. The Labute approximate surface area is 207 Å². The monoisotopic (exact) mass is 476 g/mol. The van der Waals surface area contributed by atoms with E-state index >= 15 is 0 Å². The van der Waals surface area contributed by atoms with Crippen molar-refractivity contribution >= 4 is 17.7 Å². The maximum atomic E-state index is 12.9. The van der Waals surface area contributed by atoms with Crippen molar-refractivity contribution in [2.45, 2.75) is 86.7 Å². The third-order valence-electron chi connectivity index (χ3n) is 6.04. The topological polar surface area (TPSA) is 105 Å². The fourth-order valence-corrected chi connectivity index (χ4v) is 3.54. The number of nitrogens with two attached hydrogens (primary N) is 1. The molecular weight excluding hydrogens is 428 g/mol. The van der Waals surface area contributed by atoms with E-state index in [1.165, 1.54) is 0 Å². The molecule has 0 unspecified atom stereocenters. The first-order chi connectivity index (χ1) is 15.6. The Morgan fingerprint density at radius 2 is 1.59 bits per heavy atom. The van der Waals surface area contributed by atoms with Crippen molar-refractivity contribution in [1.82, 2.24) is 15.5 Å². The van der Waals surface area contributed by atoms with Crippen LogP contribution in [0.4, 0.5) is 0 Å². The summed E-state index contributed by atoms with van der Waals surface area (Å²) < 4.78 is 0. The van der Waals surface area contributed by atoms with E-state index in [1.54, 1.807) is 24.3 Å². The average molecular weight is 477 g/mol. The molecule has 1 aromatic carbocycles. The van der Waals surface area contributed by atoms with Gasteiger partial charge >= 0.3 is 0 Å². The highest BCUT2D eigenvalue weighted by Crippen LogP contribution is 2.12. The van der Waals surface area contributed by atoms with Gasteiger partial charge in [0.2, 0.25) is 5.91 Å². The van der Waals surface area contributed by atoms with E-state index < -0.39 is 0 Å². The van der Waals surface area contributed by atoms with Gasteiger partial charge in [0, 0.05) is 48.8 Å². The van der Waals surface area contributed by atoms with E-state index in [4.69, 9.17) is 5.73 Å². The Morgan fingerprint density at radius 3 is 2.15 bits per heavy atom. The molecule has 0 radical (unpaired) electrons. The Morgan fingerprint density at radius 1 is 1.00 bits per heavy atom. The summed E-state index contributed by atoms with van der Waals surface area (Å²) in [7, 11) is 0. The molecule has 0 heterocycles. The molecule has 194 valence electrons. The maximum absolute atomic E-state index is 12.9. The van der Waals surface area contributed by atoms with Crippen molar-refractivity contribution in [1.29, 1.82) is 0 Å². The Balaban J connectivity index is 0.0000109. The van der Waals surface area contributed by atoms with Gasteiger partial charge in [0.05, 0.1) is 0 Å². The average Bonchev–Trinajstić information content (AvgIpc) is 2.81. The maximum Gasteiger partial charge on any atom is 0.253 e. The van der Waals surface area contributed by atoms with Gasteiger partial charge in [0.25, 0.3) is 11.8 Å². The molecule has 1 aromatic rings. The van der Waals surface area contributed by atoms with E-state index in [1.807, 2.05) is 32.6 Å². The molecule has 4 N–H and O–H groups in total. The Kier molecular flexibility index (Phi) is 15.1. The molecule has 7 heteroatoms. The van der Waals surface area contributed by atoms with Gasteiger partial charge in [-0.05, 0) is 50.3 Å². The smallest absolute Gasteiger partial charge is 0.253 e. The molecular formula is C27H48N4O3. The Bertz CT molecular complexity index is 762. The quantitative estimate of drug-likeness (QED) is 0.374. The zero-order chi connectivity index (χ0) is 25.0. The first kappa shape index (κ1) is 31.6. The largest absolute Gasteiger partial charge is 0.356 e. The van der Waals surface area contributed by atoms with Gasteiger partial charge in [-0.1, -0.05) is 54.5 Å². The molecule has 0 aliphatic rings. The number of nitrogens with one attached hydrogen (secondary N) is 2. The number of hydrogen-bond acceptors (Lipinski definition) is 4. The second kappa shape index (κ2) is 16.3. The Hall–Kier alpha value is -2.41. The lowest BCUT2D eigenvalue weighted by Gasteiger charge is -2.24. The molecule has 3 amide bonds. The fraction of sp³-hybridized carbons (Fsp3) is 0.667. The highest BCUT2D eigenvalue weighted by atomic mass is 16.2. The van der Waals surface area contributed by atoms with E-state index in [0.717, 1.165) is 19.3 Å². The normalized spacial score (nSPS) is 14.2. The van der Waals surface area contributed by atoms with Gasteiger partial charge in [-0.2, -0.15) is 0 Å². The van der Waals surface area contributed by atoms with Crippen LogP contribution in [-0.2, 0) is 4.79 Å². The fourth-order valence-electron chi connectivity index (χ4n) is 3.54. The lowest BCUT2D eigenvalue weighted by Crippen LogP contribution is -2.47. The van der Waals surface area contributed by atoms with Crippen LogP contribution in [0.2, 0.25) is 0 Å². The molecule has 0 saturated carbocycles. The van der Waals surface area contributed by atoms with Crippen LogP contribution in [0.1, 0.15) is 95.4 Å². The lowest BCUT2D eigenvalue weighted by atomic mass is 9.96. The summed E-state index contributed by atoms with van der Waals surface area (Å²) in [4.78, 5) is 39.8. The minimum atomic E-state index is -0.368. The molecule has 1 rings (SSSR count). The van der Waals surface area contributed by atoms with Crippen LogP contribution in [-0.4, -0.2) is 54.3 Å². The van der Waals surface area contributed by atoms with Gasteiger partial charge in [-0.15, -0.1) is 0 Å². The molecule has 7 nitrogen and oxygen atoms in total. The summed E-state index contributed by atoms with van der Waals surface area (Å²) in [6.45, 7) is 14.0. The van der Waals surface area contributed by atoms with Crippen LogP contribution >= 0.6 is 0 Å². The van der Waals surface area contributed by atoms with E-state index in [9.17, 15) is 14.4 Å². The summed E-state index contributed by atoms with van der Waals surface area (Å²) in [5.74, 6) is -0.160. The highest BCUT2D eigenvalue weighted by molar-refractivity contribution is 5.99. The lowest BCUT2D eigenvalue weighted by molar-refractivity contribution is -0.125. The van der Waals surface area contributed by atoms with Crippen LogP contribution in [0.5, 0.6) is 0 Å². The summed E-state index contributed by atoms with van der Waals surface area (Å²) in [5.41, 5.74) is 7.22. The molecule has 0 spiro atoms. The number of carbonyl (C=O) groups excluding carboxylic acids is 3. The number of benzene rings is 1. The van der Waals surface area contributed by atoms with Crippen molar-refractivity contribution in [2.75, 3.05) is 19.6 Å². The van der Waals surface area contributed by atoms with Crippen molar-refractivity contribution < 1.29 is 14.4 Å². The standard InChI is InChI=1S/C26H44N4O3.CH4/c1-7-13-30(14-8-2)26(33)22-12-10-11-21(16-22)25(32)29-20(6)23(27)15-19(5)24(31)28-17-18(4)9-3;/h10-12,16,18-20,23H,7-9,13-15,17,27H2,1-6H3,(H,28,31)(H,29,32);1H4/t18-,19+,20-,23-;/m0./s1. The summed E-state index contributed by atoms with van der Waals surface area (Å²) in [6.07, 6.45) is 3.25. The summed E-state index contributed by atoms with van der Waals surface area (Å²) >= 11 is 0. The van der Waals surface area contributed by atoms with E-state index in [2.05, 4.69) is 24.5 Å². The highest BCUT2D eigenvalue weighted by Gasteiger charge is 2.23. The van der Waals surface area contributed by atoms with Gasteiger partial charge in [-0.3, -0.25) is 14.4 Å². The predicted molar refractivity (Wildman–Crippen MR) is 141 cm³/mol. The molecule has 0 aliphatic carbocycles. The van der Waals surface area contributed by atoms with Crippen LogP contribution in [0.25, 0.3) is 0 Å². The molecule has 0 aliphatic heterocycles. The van der Waals surface area contributed by atoms with Crippen LogP contribution in [0.3, 0.4) is 0 Å². The number of nitrogens with zero attached hydrogens (tertiary/aromatic N) is 1. The van der Waals surface area contributed by atoms with E-state index in [-0.39, 0.29) is 43.1 Å². The van der Waals surface area contributed by atoms with Gasteiger partial charge in [0.1, 0.15) is 0 Å². The molecule has 0 bridgehead atoms. The van der Waals surface area contributed by atoms with Crippen molar-refractivity contribution in [3.63, 3.8) is 0 Å². The number of carbonyl (C=O) groups is 3. The molecule has 0 saturated heterocycles. The minimum absolute atomic E-state index is 0. The number of rotatable bonds is 14. The van der Waals surface area contributed by atoms with Crippen LogP contribution in [0.15, 0.2) is 24.3 Å². The van der Waals surface area contributed by atoms with Crippen molar-refractivity contribution in [2.24, 2.45) is 17.6 Å². The second-order valence-corrected chi connectivity index (χ2v) is 9.19. The third kappa shape index (κ3) is 10.2. The zero-order valence-corrected chi connectivity index (χ0v) is 21.3. The summed E-state index contributed by atoms with van der Waals surface area (Å²) in [5, 5.41) is 5.89. The predicted octanol–water partition coefficient (Wildman–Crippen LogP) is 4.22. The van der Waals surface area contributed by atoms with Crippen LogP contribution < -0.4 is 16.4 Å². The molecule has 0 fully saturated rings. The molecule has 34 heavy (non-hydrogen) atoms. The first-order valence-electron chi connectivity index (χ1n) is 12.4. The van der Waals surface area contributed by atoms with Gasteiger partial charge in [0.15, 0.2) is 0 Å². The number of amides is 3.